The Labute approximate surface area is 183 Å². The van der Waals surface area contributed by atoms with E-state index in [0.29, 0.717) is 46.0 Å². The first-order valence-electron chi connectivity index (χ1n) is 8.50. The van der Waals surface area contributed by atoms with Crippen LogP contribution in [0.3, 0.4) is 0 Å². The number of thiocarbonyl (C=S) groups is 1. The van der Waals surface area contributed by atoms with Gasteiger partial charge in [-0.3, -0.25) is 4.68 Å². The average molecular weight is 516 g/mol. The van der Waals surface area contributed by atoms with Gasteiger partial charge in [0.1, 0.15) is 0 Å². The van der Waals surface area contributed by atoms with Crippen molar-refractivity contribution in [2.75, 3.05) is 11.9 Å². The Balaban J connectivity index is 1.55. The summed E-state index contributed by atoms with van der Waals surface area (Å²) in [5, 5.41) is 11.1. The van der Waals surface area contributed by atoms with Crippen molar-refractivity contribution in [3.8, 4) is 0 Å². The summed E-state index contributed by atoms with van der Waals surface area (Å²) < 4.78 is 40.9. The second kappa shape index (κ2) is 8.77. The molecule has 11 heteroatoms. The number of rotatable bonds is 6. The molecule has 2 N–H and O–H groups in total. The molecular weight excluding hydrogens is 500 g/mol. The van der Waals surface area contributed by atoms with Crippen LogP contribution >= 0.6 is 51.3 Å². The van der Waals surface area contributed by atoms with Crippen LogP contribution in [0.4, 0.5) is 18.9 Å². The highest BCUT2D eigenvalue weighted by molar-refractivity contribution is 9.10. The summed E-state index contributed by atoms with van der Waals surface area (Å²) in [6.45, 7) is 0.820. The zero-order valence-electron chi connectivity index (χ0n) is 14.4. The SMILES string of the molecule is FC(F)(F)c1nn(CCCNC(=S)Nc2cc(Cl)ccc2Cl)c(C2CC2)c1Br. The number of hydrogen-bond acceptors (Lipinski definition) is 2. The molecule has 1 saturated carbocycles. The van der Waals surface area contributed by atoms with Crippen molar-refractivity contribution in [1.82, 2.24) is 15.1 Å². The molecule has 3 rings (SSSR count). The Morgan fingerprint density at radius 3 is 2.68 bits per heavy atom. The number of halogens is 6. The number of alkyl halides is 3. The van der Waals surface area contributed by atoms with Crippen LogP contribution in [0.25, 0.3) is 0 Å². The predicted octanol–water partition coefficient (Wildman–Crippen LogP) is 6.23. The van der Waals surface area contributed by atoms with Gasteiger partial charge in [0, 0.05) is 24.0 Å². The summed E-state index contributed by atoms with van der Waals surface area (Å²) in [7, 11) is 0. The van der Waals surface area contributed by atoms with Crippen LogP contribution < -0.4 is 10.6 Å². The second-order valence-corrected chi connectivity index (χ2v) is 8.45. The van der Waals surface area contributed by atoms with Crippen LogP contribution in [0.2, 0.25) is 10.0 Å². The zero-order valence-corrected chi connectivity index (χ0v) is 18.3. The van der Waals surface area contributed by atoms with Gasteiger partial charge in [0.05, 0.1) is 20.9 Å². The number of aromatic nitrogens is 2. The topological polar surface area (TPSA) is 41.9 Å². The molecule has 28 heavy (non-hydrogen) atoms. The third kappa shape index (κ3) is 5.31. The molecule has 0 unspecified atom stereocenters. The molecule has 1 aromatic heterocycles. The predicted molar refractivity (Wildman–Crippen MR) is 112 cm³/mol. The smallest absolute Gasteiger partial charge is 0.362 e. The number of nitrogens with one attached hydrogen (secondary N) is 2. The highest BCUT2D eigenvalue weighted by Crippen LogP contribution is 2.47. The maximum Gasteiger partial charge on any atom is 0.436 e. The summed E-state index contributed by atoms with van der Waals surface area (Å²) in [6, 6.07) is 4.97. The number of aryl methyl sites for hydroxylation is 1. The Morgan fingerprint density at radius 1 is 1.32 bits per heavy atom. The molecule has 1 aromatic carbocycles. The maximum atomic E-state index is 13.1. The normalized spacial score (nSPS) is 14.2. The van der Waals surface area contributed by atoms with Crippen molar-refractivity contribution < 1.29 is 13.2 Å². The second-order valence-electron chi connectivity index (χ2n) is 6.40. The maximum absolute atomic E-state index is 13.1. The molecule has 1 aliphatic carbocycles. The first-order chi connectivity index (χ1) is 13.2. The average Bonchev–Trinajstić information content (AvgIpc) is 3.37. The number of anilines is 1. The van der Waals surface area contributed by atoms with Gasteiger partial charge in [-0.15, -0.1) is 0 Å². The molecule has 0 aliphatic heterocycles. The molecule has 0 bridgehead atoms. The van der Waals surface area contributed by atoms with Gasteiger partial charge in [-0.2, -0.15) is 18.3 Å². The van der Waals surface area contributed by atoms with Gasteiger partial charge in [0.25, 0.3) is 0 Å². The van der Waals surface area contributed by atoms with E-state index >= 15 is 0 Å². The van der Waals surface area contributed by atoms with Gasteiger partial charge in [-0.05, 0) is 65.6 Å². The molecule has 152 valence electrons. The Morgan fingerprint density at radius 2 is 2.04 bits per heavy atom. The summed E-state index contributed by atoms with van der Waals surface area (Å²) in [4.78, 5) is 0. The summed E-state index contributed by atoms with van der Waals surface area (Å²) in [6.07, 6.45) is -2.16. The minimum Gasteiger partial charge on any atom is -0.362 e. The minimum absolute atomic E-state index is 0.0586. The van der Waals surface area contributed by atoms with E-state index in [0.717, 1.165) is 12.8 Å². The lowest BCUT2D eigenvalue weighted by atomic mass is 10.2. The lowest BCUT2D eigenvalue weighted by molar-refractivity contribution is -0.142. The van der Waals surface area contributed by atoms with Crippen LogP contribution in [-0.4, -0.2) is 21.4 Å². The largest absolute Gasteiger partial charge is 0.436 e. The lowest BCUT2D eigenvalue weighted by Gasteiger charge is -2.12. The molecule has 0 radical (unpaired) electrons. The van der Waals surface area contributed by atoms with E-state index in [2.05, 4.69) is 31.7 Å². The number of benzene rings is 1. The van der Waals surface area contributed by atoms with E-state index in [-0.39, 0.29) is 10.4 Å². The van der Waals surface area contributed by atoms with Crippen molar-refractivity contribution in [3.05, 3.63) is 44.1 Å². The monoisotopic (exact) mass is 514 g/mol. The standard InChI is InChI=1S/C17H16BrCl2F3N4S/c18-13-14(9-2-3-9)27(26-15(13)17(21,22)23)7-1-6-24-16(28)25-12-8-10(19)4-5-11(12)20/h4-5,8-9H,1-3,6-7H2,(H2,24,25,28). The highest BCUT2D eigenvalue weighted by atomic mass is 79.9. The van der Waals surface area contributed by atoms with E-state index in [1.807, 2.05) is 0 Å². The van der Waals surface area contributed by atoms with Gasteiger partial charge < -0.3 is 10.6 Å². The molecule has 0 atom stereocenters. The van der Waals surface area contributed by atoms with Crippen molar-refractivity contribution in [1.29, 1.82) is 0 Å². The Bertz CT molecular complexity index is 884. The number of nitrogens with zero attached hydrogens (tertiary/aromatic N) is 2. The van der Waals surface area contributed by atoms with Crippen LogP contribution in [0.15, 0.2) is 22.7 Å². The van der Waals surface area contributed by atoms with Crippen LogP contribution in [0.1, 0.15) is 36.6 Å². The third-order valence-corrected chi connectivity index (χ3v) is 5.77. The Hall–Kier alpha value is -1.03. The highest BCUT2D eigenvalue weighted by Gasteiger charge is 2.41. The van der Waals surface area contributed by atoms with Gasteiger partial charge in [-0.25, -0.2) is 0 Å². The molecule has 1 aliphatic rings. The quantitative estimate of drug-likeness (QED) is 0.353. The summed E-state index contributed by atoms with van der Waals surface area (Å²) in [5.41, 5.74) is 0.336. The first-order valence-corrected chi connectivity index (χ1v) is 10.5. The van der Waals surface area contributed by atoms with E-state index in [9.17, 15) is 13.2 Å². The fourth-order valence-electron chi connectivity index (χ4n) is 2.74. The van der Waals surface area contributed by atoms with E-state index < -0.39 is 11.9 Å². The minimum atomic E-state index is -4.48. The van der Waals surface area contributed by atoms with E-state index in [1.165, 1.54) is 4.68 Å². The Kier molecular flexibility index (Phi) is 6.79. The number of hydrogen-bond donors (Lipinski definition) is 2. The van der Waals surface area contributed by atoms with Crippen molar-refractivity contribution >= 4 is 62.1 Å². The molecule has 0 spiro atoms. The van der Waals surface area contributed by atoms with Crippen LogP contribution in [0.5, 0.6) is 0 Å². The molecule has 0 amide bonds. The van der Waals surface area contributed by atoms with Crippen LogP contribution in [0, 0.1) is 0 Å². The molecule has 1 heterocycles. The van der Waals surface area contributed by atoms with Gasteiger partial charge in [0.15, 0.2) is 10.8 Å². The molecule has 0 saturated heterocycles. The molecule has 4 nitrogen and oxygen atoms in total. The molecule has 2 aromatic rings. The van der Waals surface area contributed by atoms with Crippen molar-refractivity contribution in [2.45, 2.75) is 37.9 Å². The van der Waals surface area contributed by atoms with Gasteiger partial charge in [0.2, 0.25) is 0 Å². The van der Waals surface area contributed by atoms with E-state index in [4.69, 9.17) is 35.4 Å². The third-order valence-electron chi connectivity index (χ3n) is 4.17. The summed E-state index contributed by atoms with van der Waals surface area (Å²) >= 11 is 20.3. The van der Waals surface area contributed by atoms with E-state index in [1.54, 1.807) is 18.2 Å². The molecular formula is C17H16BrCl2F3N4S. The van der Waals surface area contributed by atoms with Gasteiger partial charge in [-0.1, -0.05) is 23.2 Å². The van der Waals surface area contributed by atoms with Crippen LogP contribution in [-0.2, 0) is 12.7 Å². The lowest BCUT2D eigenvalue weighted by Crippen LogP contribution is -2.30. The first kappa shape index (κ1) is 21.7. The van der Waals surface area contributed by atoms with Gasteiger partial charge >= 0.3 is 6.18 Å². The van der Waals surface area contributed by atoms with Crippen molar-refractivity contribution in [3.63, 3.8) is 0 Å². The fraction of sp³-hybridized carbons (Fsp3) is 0.412. The van der Waals surface area contributed by atoms with Crippen molar-refractivity contribution in [2.24, 2.45) is 0 Å². The molecule has 1 fully saturated rings. The fourth-order valence-corrected chi connectivity index (χ4v) is 4.12. The summed E-state index contributed by atoms with van der Waals surface area (Å²) in [5.74, 6) is 0.138. The zero-order chi connectivity index (χ0) is 20.5.